The second-order valence-corrected chi connectivity index (χ2v) is 11.7. The molecule has 0 spiro atoms. The number of rotatable bonds is 9. The molecule has 4 rings (SSSR count). The highest BCUT2D eigenvalue weighted by molar-refractivity contribution is 5.80. The predicted octanol–water partition coefficient (Wildman–Crippen LogP) is 5.17. The minimum Gasteiger partial charge on any atom is -0.383 e. The van der Waals surface area contributed by atoms with Gasteiger partial charge in [0.25, 0.3) is 0 Å². The second-order valence-electron chi connectivity index (χ2n) is 11.7. The highest BCUT2D eigenvalue weighted by Crippen LogP contribution is 2.33. The molecule has 2 aliphatic rings. The van der Waals surface area contributed by atoms with Crippen molar-refractivity contribution in [3.63, 3.8) is 0 Å². The van der Waals surface area contributed by atoms with Gasteiger partial charge >= 0.3 is 0 Å². The number of hydrogen-bond acceptors (Lipinski definition) is 4. The molecule has 1 amide bonds. The maximum absolute atomic E-state index is 13.7. The standard InChI is InChI=1S/C29H44N4O3/c1-19(21-10-14-36-15-11-21)28(34)33(13-16-35-6)23-8-7-22-17-26(30-25(22)18-23)27-24(20(2)31-32-27)9-12-29(3,4)5/h7-8,17,19,21,23,30H,9-16,18H2,1-6H3,(H,31,32). The van der Waals surface area contributed by atoms with E-state index in [2.05, 4.69) is 68.0 Å². The lowest BCUT2D eigenvalue weighted by atomic mass is 9.85. The lowest BCUT2D eigenvalue weighted by Gasteiger charge is -2.36. The molecular formula is C29H44N4O3. The van der Waals surface area contributed by atoms with E-state index in [1.165, 1.54) is 11.1 Å². The smallest absolute Gasteiger partial charge is 0.226 e. The number of nitrogens with one attached hydrogen (secondary N) is 2. The zero-order valence-electron chi connectivity index (χ0n) is 22.9. The van der Waals surface area contributed by atoms with Crippen LogP contribution in [0, 0.1) is 24.2 Å². The first-order chi connectivity index (χ1) is 17.2. The summed E-state index contributed by atoms with van der Waals surface area (Å²) in [6.07, 6.45) is 9.11. The molecule has 0 bridgehead atoms. The molecule has 1 aliphatic carbocycles. The summed E-state index contributed by atoms with van der Waals surface area (Å²) in [6, 6.07) is 2.21. The van der Waals surface area contributed by atoms with Crippen molar-refractivity contribution in [1.82, 2.24) is 20.1 Å². The molecule has 1 saturated heterocycles. The van der Waals surface area contributed by atoms with Crippen molar-refractivity contribution in [2.75, 3.05) is 33.5 Å². The van der Waals surface area contributed by atoms with Crippen LogP contribution in [0.1, 0.15) is 69.5 Å². The summed E-state index contributed by atoms with van der Waals surface area (Å²) < 4.78 is 10.9. The fourth-order valence-electron chi connectivity index (χ4n) is 5.45. The first-order valence-corrected chi connectivity index (χ1v) is 13.5. The Balaban J connectivity index is 1.52. The van der Waals surface area contributed by atoms with E-state index >= 15 is 0 Å². The van der Waals surface area contributed by atoms with Crippen molar-refractivity contribution in [2.24, 2.45) is 17.3 Å². The van der Waals surface area contributed by atoms with E-state index < -0.39 is 0 Å². The number of aryl methyl sites for hydroxylation is 1. The second kappa shape index (κ2) is 11.3. The Labute approximate surface area is 216 Å². The Morgan fingerprint density at radius 1 is 1.31 bits per heavy atom. The van der Waals surface area contributed by atoms with Crippen molar-refractivity contribution >= 4 is 12.0 Å². The van der Waals surface area contributed by atoms with E-state index in [4.69, 9.17) is 9.47 Å². The van der Waals surface area contributed by atoms with Crippen LogP contribution in [0.3, 0.4) is 0 Å². The van der Waals surface area contributed by atoms with Gasteiger partial charge < -0.3 is 19.4 Å². The highest BCUT2D eigenvalue weighted by Gasteiger charge is 2.33. The predicted molar refractivity (Wildman–Crippen MR) is 144 cm³/mol. The number of amides is 1. The SMILES string of the molecule is COCCN(C(=O)C(C)C1CCOCC1)C1C=Cc2cc(-c3n[nH]c(C)c3CCC(C)(C)C)[nH]c2C1. The molecule has 1 aliphatic heterocycles. The van der Waals surface area contributed by atoms with Crippen LogP contribution in [0.15, 0.2) is 12.1 Å². The summed E-state index contributed by atoms with van der Waals surface area (Å²) in [5, 5.41) is 7.85. The normalized spacial score (nSPS) is 19.3. The number of carbonyl (C=O) groups excluding carboxylic acids is 1. The maximum Gasteiger partial charge on any atom is 0.226 e. The van der Waals surface area contributed by atoms with Gasteiger partial charge in [0.05, 0.1) is 18.3 Å². The fraction of sp³-hybridized carbons (Fsp3) is 0.655. The Kier molecular flexibility index (Phi) is 8.41. The van der Waals surface area contributed by atoms with Gasteiger partial charge in [0.1, 0.15) is 5.69 Å². The Morgan fingerprint density at radius 2 is 2.06 bits per heavy atom. The first kappa shape index (κ1) is 26.7. The molecule has 2 unspecified atom stereocenters. The Hall–Kier alpha value is -2.38. The van der Waals surface area contributed by atoms with Crippen LogP contribution in [0.4, 0.5) is 0 Å². The average molecular weight is 497 g/mol. The molecule has 0 radical (unpaired) electrons. The van der Waals surface area contributed by atoms with Gasteiger partial charge in [-0.25, -0.2) is 0 Å². The number of carbonyl (C=O) groups is 1. The zero-order chi connectivity index (χ0) is 25.9. The average Bonchev–Trinajstić information content (AvgIpc) is 3.45. The molecular weight excluding hydrogens is 452 g/mol. The van der Waals surface area contributed by atoms with Crippen LogP contribution in [0.25, 0.3) is 17.5 Å². The summed E-state index contributed by atoms with van der Waals surface area (Å²) in [6.45, 7) is 13.7. The molecule has 2 aromatic heterocycles. The first-order valence-electron chi connectivity index (χ1n) is 13.5. The van der Waals surface area contributed by atoms with Gasteiger partial charge in [0.2, 0.25) is 5.91 Å². The van der Waals surface area contributed by atoms with Gasteiger partial charge in [-0.3, -0.25) is 9.89 Å². The summed E-state index contributed by atoms with van der Waals surface area (Å²) in [5.41, 5.74) is 7.08. The van der Waals surface area contributed by atoms with E-state index in [-0.39, 0.29) is 23.3 Å². The molecule has 1 fully saturated rings. The van der Waals surface area contributed by atoms with Gasteiger partial charge in [-0.15, -0.1) is 0 Å². The molecule has 36 heavy (non-hydrogen) atoms. The van der Waals surface area contributed by atoms with Gasteiger partial charge in [0, 0.05) is 56.2 Å². The molecule has 7 heteroatoms. The largest absolute Gasteiger partial charge is 0.383 e. The number of aromatic amines is 2. The lowest BCUT2D eigenvalue weighted by Crippen LogP contribution is -2.47. The van der Waals surface area contributed by atoms with Crippen molar-refractivity contribution in [3.8, 4) is 11.4 Å². The number of hydrogen-bond donors (Lipinski definition) is 2. The van der Waals surface area contributed by atoms with Crippen LogP contribution in [-0.4, -0.2) is 65.5 Å². The van der Waals surface area contributed by atoms with E-state index in [0.29, 0.717) is 19.1 Å². The fourth-order valence-corrected chi connectivity index (χ4v) is 5.45. The van der Waals surface area contributed by atoms with Gasteiger partial charge in [-0.2, -0.15) is 5.10 Å². The van der Waals surface area contributed by atoms with Crippen LogP contribution in [0.5, 0.6) is 0 Å². The molecule has 2 N–H and O–H groups in total. The summed E-state index contributed by atoms with van der Waals surface area (Å²) in [7, 11) is 1.69. The number of ether oxygens (including phenoxy) is 2. The maximum atomic E-state index is 13.7. The number of aromatic nitrogens is 3. The minimum atomic E-state index is -0.0165. The van der Waals surface area contributed by atoms with E-state index in [1.807, 2.05) is 4.90 Å². The summed E-state index contributed by atoms with van der Waals surface area (Å²) in [5.74, 6) is 0.583. The quantitative estimate of drug-likeness (QED) is 0.502. The minimum absolute atomic E-state index is 0.00946. The number of fused-ring (bicyclic) bond motifs is 1. The van der Waals surface area contributed by atoms with Gasteiger partial charge in [-0.1, -0.05) is 39.8 Å². The van der Waals surface area contributed by atoms with Crippen LogP contribution in [0.2, 0.25) is 0 Å². The Bertz CT molecular complexity index is 1060. The molecule has 0 saturated carbocycles. The summed E-state index contributed by atoms with van der Waals surface area (Å²) >= 11 is 0. The molecule has 7 nitrogen and oxygen atoms in total. The molecule has 2 aromatic rings. The summed E-state index contributed by atoms with van der Waals surface area (Å²) in [4.78, 5) is 19.3. The van der Waals surface area contributed by atoms with Crippen molar-refractivity contribution < 1.29 is 14.3 Å². The number of H-pyrrole nitrogens is 2. The van der Waals surface area contributed by atoms with E-state index in [9.17, 15) is 4.79 Å². The van der Waals surface area contributed by atoms with E-state index in [1.54, 1.807) is 7.11 Å². The van der Waals surface area contributed by atoms with Crippen LogP contribution < -0.4 is 0 Å². The number of methoxy groups -OCH3 is 1. The van der Waals surface area contributed by atoms with Gasteiger partial charge in [-0.05, 0) is 55.6 Å². The van der Waals surface area contributed by atoms with Crippen molar-refractivity contribution in [2.45, 2.75) is 72.8 Å². The van der Waals surface area contributed by atoms with Crippen molar-refractivity contribution in [1.29, 1.82) is 0 Å². The monoisotopic (exact) mass is 496 g/mol. The third-order valence-corrected chi connectivity index (χ3v) is 7.88. The third-order valence-electron chi connectivity index (χ3n) is 7.88. The topological polar surface area (TPSA) is 83.2 Å². The van der Waals surface area contributed by atoms with Crippen molar-refractivity contribution in [3.05, 3.63) is 34.7 Å². The molecule has 198 valence electrons. The van der Waals surface area contributed by atoms with Crippen LogP contribution >= 0.6 is 0 Å². The van der Waals surface area contributed by atoms with E-state index in [0.717, 1.165) is 68.1 Å². The van der Waals surface area contributed by atoms with Gasteiger partial charge in [0.15, 0.2) is 0 Å². The zero-order valence-corrected chi connectivity index (χ0v) is 22.9. The van der Waals surface area contributed by atoms with Crippen LogP contribution in [-0.2, 0) is 27.1 Å². The molecule has 0 aromatic carbocycles. The third kappa shape index (κ3) is 6.12. The highest BCUT2D eigenvalue weighted by atomic mass is 16.5. The molecule has 3 heterocycles. The Morgan fingerprint density at radius 3 is 2.75 bits per heavy atom. The lowest BCUT2D eigenvalue weighted by molar-refractivity contribution is -0.140. The number of nitrogens with zero attached hydrogens (tertiary/aromatic N) is 2. The molecule has 2 atom stereocenters.